The van der Waals surface area contributed by atoms with Crippen molar-refractivity contribution in [2.24, 2.45) is 0 Å². The zero-order valence-electron chi connectivity index (χ0n) is 16.2. The van der Waals surface area contributed by atoms with Crippen molar-refractivity contribution in [1.29, 1.82) is 5.26 Å². The summed E-state index contributed by atoms with van der Waals surface area (Å²) < 4.78 is 0. The molecule has 0 amide bonds. The van der Waals surface area contributed by atoms with E-state index in [1.54, 1.807) is 17.7 Å². The molecule has 0 aliphatic carbocycles. The van der Waals surface area contributed by atoms with Crippen LogP contribution >= 0.6 is 22.9 Å². The highest BCUT2D eigenvalue weighted by molar-refractivity contribution is 7.17. The second-order valence-electron chi connectivity index (χ2n) is 6.87. The number of hydrogen-bond acceptors (Lipinski definition) is 7. The number of fused-ring (bicyclic) bond motifs is 1. The number of aromatic amines is 1. The van der Waals surface area contributed by atoms with Crippen LogP contribution in [-0.4, -0.2) is 26.7 Å². The number of halogens is 1. The Morgan fingerprint density at radius 3 is 2.80 bits per heavy atom. The van der Waals surface area contributed by atoms with Gasteiger partial charge in [0.1, 0.15) is 28.6 Å². The second-order valence-corrected chi connectivity index (χ2v) is 8.16. The number of aryl methyl sites for hydroxylation is 1. The van der Waals surface area contributed by atoms with E-state index in [0.29, 0.717) is 10.6 Å². The fourth-order valence-electron chi connectivity index (χ4n) is 3.36. The molecule has 0 saturated heterocycles. The molecular weight excluding hydrogens is 418 g/mol. The molecule has 4 aromatic rings. The van der Waals surface area contributed by atoms with Gasteiger partial charge in [-0.1, -0.05) is 30.2 Å². The van der Waals surface area contributed by atoms with Crippen molar-refractivity contribution in [2.45, 2.75) is 25.7 Å². The third kappa shape index (κ3) is 4.22. The lowest BCUT2D eigenvalue weighted by atomic mass is 10.1. The molecule has 9 heteroatoms. The molecule has 0 aliphatic heterocycles. The first-order chi connectivity index (χ1) is 14.7. The van der Waals surface area contributed by atoms with E-state index in [9.17, 15) is 0 Å². The van der Waals surface area contributed by atoms with Crippen LogP contribution in [-0.2, 0) is 6.42 Å². The molecule has 1 aromatic carbocycles. The van der Waals surface area contributed by atoms with E-state index in [2.05, 4.69) is 36.9 Å². The van der Waals surface area contributed by atoms with Gasteiger partial charge < -0.3 is 11.1 Å². The monoisotopic (exact) mass is 437 g/mol. The van der Waals surface area contributed by atoms with Crippen molar-refractivity contribution in [3.63, 3.8) is 0 Å². The highest BCUT2D eigenvalue weighted by Crippen LogP contribution is 2.36. The molecular formula is C21H20ClN7S. The Kier molecular flexibility index (Phi) is 6.12. The first-order valence-electron chi connectivity index (χ1n) is 9.62. The van der Waals surface area contributed by atoms with E-state index in [4.69, 9.17) is 22.6 Å². The molecule has 152 valence electrons. The quantitative estimate of drug-likeness (QED) is 0.333. The van der Waals surface area contributed by atoms with Crippen molar-refractivity contribution in [3.05, 3.63) is 52.3 Å². The van der Waals surface area contributed by atoms with Crippen LogP contribution < -0.4 is 11.1 Å². The lowest BCUT2D eigenvalue weighted by Crippen LogP contribution is -2.04. The minimum absolute atomic E-state index is 0.272. The molecule has 4 N–H and O–H groups in total. The van der Waals surface area contributed by atoms with Gasteiger partial charge in [0.15, 0.2) is 5.82 Å². The van der Waals surface area contributed by atoms with Crippen molar-refractivity contribution in [2.75, 3.05) is 17.6 Å². The Balaban J connectivity index is 1.37. The van der Waals surface area contributed by atoms with Gasteiger partial charge in [-0.2, -0.15) is 10.4 Å². The fraction of sp³-hybridized carbons (Fsp3) is 0.238. The highest BCUT2D eigenvalue weighted by Gasteiger charge is 2.13. The minimum atomic E-state index is 0.272. The van der Waals surface area contributed by atoms with E-state index in [1.165, 1.54) is 0 Å². The third-order valence-electron chi connectivity index (χ3n) is 4.90. The van der Waals surface area contributed by atoms with Gasteiger partial charge in [-0.3, -0.25) is 5.10 Å². The largest absolute Gasteiger partial charge is 0.381 e. The number of unbranched alkanes of at least 4 members (excludes halogenated alkanes) is 2. The van der Waals surface area contributed by atoms with Gasteiger partial charge in [-0.15, -0.1) is 11.3 Å². The van der Waals surface area contributed by atoms with Gasteiger partial charge in [0.05, 0.1) is 11.1 Å². The topological polar surface area (TPSA) is 116 Å². The SMILES string of the molecule is N#Cc1c(N)n[nH]c1CCCCCNc1ncnc2scc(-c3ccc(Cl)cc3)c12. The Hall–Kier alpha value is -3.15. The number of benzene rings is 1. The van der Waals surface area contributed by atoms with Crippen LogP contribution in [0.1, 0.15) is 30.5 Å². The number of anilines is 2. The summed E-state index contributed by atoms with van der Waals surface area (Å²) in [7, 11) is 0. The number of nitrogen functional groups attached to an aromatic ring is 1. The summed E-state index contributed by atoms with van der Waals surface area (Å²) >= 11 is 7.64. The number of nitrogens with two attached hydrogens (primary N) is 1. The molecule has 0 saturated carbocycles. The van der Waals surface area contributed by atoms with E-state index in [1.807, 2.05) is 24.3 Å². The number of aromatic nitrogens is 4. The van der Waals surface area contributed by atoms with E-state index in [-0.39, 0.29) is 5.82 Å². The van der Waals surface area contributed by atoms with E-state index >= 15 is 0 Å². The Labute approximate surface area is 182 Å². The van der Waals surface area contributed by atoms with Gasteiger partial charge in [0.2, 0.25) is 0 Å². The molecule has 30 heavy (non-hydrogen) atoms. The van der Waals surface area contributed by atoms with Crippen LogP contribution in [0.4, 0.5) is 11.6 Å². The van der Waals surface area contributed by atoms with Crippen molar-refractivity contribution in [1.82, 2.24) is 20.2 Å². The minimum Gasteiger partial charge on any atom is -0.381 e. The summed E-state index contributed by atoms with van der Waals surface area (Å²) in [5.74, 6) is 1.12. The summed E-state index contributed by atoms with van der Waals surface area (Å²) in [6.07, 6.45) is 5.30. The first-order valence-corrected chi connectivity index (χ1v) is 10.9. The lowest BCUT2D eigenvalue weighted by molar-refractivity contribution is 0.687. The second kappa shape index (κ2) is 9.11. The standard InChI is InChI=1S/C21H20ClN7S/c22-14-7-5-13(6-8-14)16-11-30-21-18(16)20(26-12-27-21)25-9-3-1-2-4-17-15(10-23)19(24)29-28-17/h5-8,11-12H,1-4,9H2,(H3,24,28,29)(H,25,26,27). The summed E-state index contributed by atoms with van der Waals surface area (Å²) in [6.45, 7) is 0.804. The number of H-pyrrole nitrogens is 1. The number of nitriles is 1. The zero-order chi connectivity index (χ0) is 20.9. The number of thiophene rings is 1. The van der Waals surface area contributed by atoms with Crippen molar-refractivity contribution >= 4 is 44.8 Å². The molecule has 7 nitrogen and oxygen atoms in total. The summed E-state index contributed by atoms with van der Waals surface area (Å²) in [6, 6.07) is 9.91. The molecule has 3 aromatic heterocycles. The average molecular weight is 438 g/mol. The predicted molar refractivity (Wildman–Crippen MR) is 122 cm³/mol. The first kappa shape index (κ1) is 20.1. The summed E-state index contributed by atoms with van der Waals surface area (Å²) in [4.78, 5) is 9.84. The molecule has 0 spiro atoms. The Morgan fingerprint density at radius 1 is 1.17 bits per heavy atom. The number of hydrogen-bond donors (Lipinski definition) is 3. The maximum absolute atomic E-state index is 9.12. The van der Waals surface area contributed by atoms with Gasteiger partial charge in [0.25, 0.3) is 0 Å². The molecule has 0 radical (unpaired) electrons. The van der Waals surface area contributed by atoms with Crippen LogP contribution in [0.3, 0.4) is 0 Å². The molecule has 0 atom stereocenters. The van der Waals surface area contributed by atoms with Gasteiger partial charge in [-0.05, 0) is 37.0 Å². The number of rotatable bonds is 8. The summed E-state index contributed by atoms with van der Waals surface area (Å²) in [5.41, 5.74) is 9.15. The third-order valence-corrected chi connectivity index (χ3v) is 6.04. The van der Waals surface area contributed by atoms with Crippen LogP contribution in [0.2, 0.25) is 5.02 Å². The van der Waals surface area contributed by atoms with Gasteiger partial charge in [-0.25, -0.2) is 9.97 Å². The predicted octanol–water partition coefficient (Wildman–Crippen LogP) is 5.01. The van der Waals surface area contributed by atoms with Gasteiger partial charge >= 0.3 is 0 Å². The molecule has 0 unspecified atom stereocenters. The number of nitrogens with one attached hydrogen (secondary N) is 2. The van der Waals surface area contributed by atoms with Crippen LogP contribution in [0.5, 0.6) is 0 Å². The van der Waals surface area contributed by atoms with E-state index < -0.39 is 0 Å². The van der Waals surface area contributed by atoms with Gasteiger partial charge in [0, 0.05) is 22.5 Å². The maximum Gasteiger partial charge on any atom is 0.163 e. The zero-order valence-corrected chi connectivity index (χ0v) is 17.7. The summed E-state index contributed by atoms with van der Waals surface area (Å²) in [5, 5.41) is 23.2. The Bertz CT molecular complexity index is 1190. The van der Waals surface area contributed by atoms with Crippen molar-refractivity contribution in [3.8, 4) is 17.2 Å². The average Bonchev–Trinajstić information content (AvgIpc) is 3.35. The molecule has 0 bridgehead atoms. The Morgan fingerprint density at radius 2 is 2.00 bits per heavy atom. The maximum atomic E-state index is 9.12. The fourth-order valence-corrected chi connectivity index (χ4v) is 4.40. The van der Waals surface area contributed by atoms with Crippen LogP contribution in [0.15, 0.2) is 36.0 Å². The molecule has 4 rings (SSSR count). The molecule has 0 aliphatic rings. The van der Waals surface area contributed by atoms with Crippen LogP contribution in [0, 0.1) is 11.3 Å². The van der Waals surface area contributed by atoms with Crippen LogP contribution in [0.25, 0.3) is 21.3 Å². The normalized spacial score (nSPS) is 10.9. The molecule has 0 fully saturated rings. The number of nitrogens with zero attached hydrogens (tertiary/aromatic N) is 4. The smallest absolute Gasteiger partial charge is 0.163 e. The molecule has 3 heterocycles. The van der Waals surface area contributed by atoms with Crippen molar-refractivity contribution < 1.29 is 0 Å². The van der Waals surface area contributed by atoms with E-state index in [0.717, 1.165) is 65.1 Å². The lowest BCUT2D eigenvalue weighted by Gasteiger charge is -2.08. The highest BCUT2D eigenvalue weighted by atomic mass is 35.5.